The number of rotatable bonds is 3. The van der Waals surface area contributed by atoms with E-state index < -0.39 is 0 Å². The molecule has 0 aliphatic rings. The van der Waals surface area contributed by atoms with Gasteiger partial charge in [0.1, 0.15) is 0 Å². The Morgan fingerprint density at radius 3 is 2.61 bits per heavy atom. The van der Waals surface area contributed by atoms with Gasteiger partial charge in [-0.2, -0.15) is 4.98 Å². The van der Waals surface area contributed by atoms with Crippen LogP contribution >= 0.6 is 0 Å². The van der Waals surface area contributed by atoms with Gasteiger partial charge >= 0.3 is 0 Å². The highest BCUT2D eigenvalue weighted by Gasteiger charge is 2.21. The molecule has 1 aromatic heterocycles. The van der Waals surface area contributed by atoms with E-state index in [4.69, 9.17) is 4.52 Å². The van der Waals surface area contributed by atoms with Crippen LogP contribution in [-0.4, -0.2) is 17.2 Å². The van der Waals surface area contributed by atoms with Gasteiger partial charge in [0.05, 0.1) is 6.54 Å². The van der Waals surface area contributed by atoms with E-state index in [0.29, 0.717) is 18.3 Å². The first kappa shape index (κ1) is 12.8. The first-order chi connectivity index (χ1) is 8.52. The number of hydrogen-bond donors (Lipinski definition) is 1. The Kier molecular flexibility index (Phi) is 3.48. The standard InChI is InChI=1S/C14H19N3O/c1-14(2,3)11-8-6-5-7-10(11)13-16-12(9-15-4)17-18-13/h5-8,15H,9H2,1-4H3. The Balaban J connectivity index is 2.43. The van der Waals surface area contributed by atoms with Crippen LogP contribution in [0.25, 0.3) is 11.5 Å². The van der Waals surface area contributed by atoms with Gasteiger partial charge in [0, 0.05) is 5.56 Å². The number of benzene rings is 1. The molecule has 0 atom stereocenters. The molecule has 4 nitrogen and oxygen atoms in total. The number of nitrogens with zero attached hydrogens (tertiary/aromatic N) is 2. The molecule has 1 heterocycles. The molecule has 0 spiro atoms. The van der Waals surface area contributed by atoms with E-state index in [-0.39, 0.29) is 5.41 Å². The third kappa shape index (κ3) is 2.59. The van der Waals surface area contributed by atoms with Crippen molar-refractivity contribution in [3.05, 3.63) is 35.7 Å². The minimum Gasteiger partial charge on any atom is -0.334 e. The van der Waals surface area contributed by atoms with Crippen LogP contribution in [0.3, 0.4) is 0 Å². The van der Waals surface area contributed by atoms with E-state index in [1.165, 1.54) is 5.56 Å². The van der Waals surface area contributed by atoms with Gasteiger partial charge in [0.15, 0.2) is 5.82 Å². The van der Waals surface area contributed by atoms with E-state index in [1.807, 2.05) is 25.2 Å². The predicted octanol–water partition coefficient (Wildman–Crippen LogP) is 2.75. The van der Waals surface area contributed by atoms with Crippen LogP contribution < -0.4 is 5.32 Å². The molecule has 0 aliphatic carbocycles. The summed E-state index contributed by atoms with van der Waals surface area (Å²) in [7, 11) is 1.86. The van der Waals surface area contributed by atoms with E-state index in [0.717, 1.165) is 5.56 Å². The van der Waals surface area contributed by atoms with Crippen molar-refractivity contribution in [2.24, 2.45) is 0 Å². The van der Waals surface area contributed by atoms with Gasteiger partial charge in [0.25, 0.3) is 5.89 Å². The van der Waals surface area contributed by atoms with Crippen molar-refractivity contribution < 1.29 is 4.52 Å². The molecule has 0 aliphatic heterocycles. The summed E-state index contributed by atoms with van der Waals surface area (Å²) in [4.78, 5) is 4.40. The summed E-state index contributed by atoms with van der Waals surface area (Å²) in [5, 5.41) is 6.97. The quantitative estimate of drug-likeness (QED) is 0.903. The van der Waals surface area contributed by atoms with Crippen LogP contribution in [-0.2, 0) is 12.0 Å². The van der Waals surface area contributed by atoms with Gasteiger partial charge in [-0.05, 0) is 24.1 Å². The van der Waals surface area contributed by atoms with E-state index in [9.17, 15) is 0 Å². The maximum absolute atomic E-state index is 5.34. The first-order valence-electron chi connectivity index (χ1n) is 6.09. The van der Waals surface area contributed by atoms with E-state index in [2.05, 4.69) is 42.3 Å². The summed E-state index contributed by atoms with van der Waals surface area (Å²) < 4.78 is 5.34. The molecule has 0 fully saturated rings. The zero-order valence-electron chi connectivity index (χ0n) is 11.3. The smallest absolute Gasteiger partial charge is 0.258 e. The number of hydrogen-bond acceptors (Lipinski definition) is 4. The summed E-state index contributed by atoms with van der Waals surface area (Å²) in [6.45, 7) is 7.14. The Bertz CT molecular complexity index is 526. The van der Waals surface area contributed by atoms with Crippen LogP contribution in [0.1, 0.15) is 32.2 Å². The number of nitrogens with one attached hydrogen (secondary N) is 1. The molecule has 1 aromatic carbocycles. The molecule has 2 aromatic rings. The third-order valence-electron chi connectivity index (χ3n) is 2.77. The molecule has 18 heavy (non-hydrogen) atoms. The summed E-state index contributed by atoms with van der Waals surface area (Å²) in [6, 6.07) is 8.16. The van der Waals surface area contributed by atoms with Gasteiger partial charge < -0.3 is 9.84 Å². The molecule has 0 saturated carbocycles. The van der Waals surface area contributed by atoms with Crippen LogP contribution in [0.2, 0.25) is 0 Å². The second kappa shape index (κ2) is 4.90. The first-order valence-corrected chi connectivity index (χ1v) is 6.09. The second-order valence-corrected chi connectivity index (χ2v) is 5.34. The molecule has 2 rings (SSSR count). The zero-order valence-corrected chi connectivity index (χ0v) is 11.3. The lowest BCUT2D eigenvalue weighted by molar-refractivity contribution is 0.419. The van der Waals surface area contributed by atoms with Crippen LogP contribution in [0.4, 0.5) is 0 Å². The number of aromatic nitrogens is 2. The van der Waals surface area contributed by atoms with Crippen molar-refractivity contribution in [1.29, 1.82) is 0 Å². The van der Waals surface area contributed by atoms with Crippen molar-refractivity contribution >= 4 is 0 Å². The maximum atomic E-state index is 5.34. The van der Waals surface area contributed by atoms with E-state index in [1.54, 1.807) is 0 Å². The molecular formula is C14H19N3O. The SMILES string of the molecule is CNCc1noc(-c2ccccc2C(C)(C)C)n1. The van der Waals surface area contributed by atoms with Crippen molar-refractivity contribution in [2.45, 2.75) is 32.7 Å². The van der Waals surface area contributed by atoms with E-state index >= 15 is 0 Å². The third-order valence-corrected chi connectivity index (χ3v) is 2.77. The van der Waals surface area contributed by atoms with Crippen LogP contribution in [0.5, 0.6) is 0 Å². The highest BCUT2D eigenvalue weighted by atomic mass is 16.5. The van der Waals surface area contributed by atoms with Crippen LogP contribution in [0, 0.1) is 0 Å². The molecule has 0 amide bonds. The Hall–Kier alpha value is -1.68. The predicted molar refractivity (Wildman–Crippen MR) is 71.2 cm³/mol. The molecule has 1 N–H and O–H groups in total. The highest BCUT2D eigenvalue weighted by molar-refractivity contribution is 5.60. The lowest BCUT2D eigenvalue weighted by Gasteiger charge is -2.21. The monoisotopic (exact) mass is 245 g/mol. The minimum atomic E-state index is 0.0498. The normalized spacial score (nSPS) is 11.8. The van der Waals surface area contributed by atoms with Crippen molar-refractivity contribution in [3.8, 4) is 11.5 Å². The topological polar surface area (TPSA) is 51.0 Å². The molecule has 4 heteroatoms. The fourth-order valence-electron chi connectivity index (χ4n) is 1.92. The summed E-state index contributed by atoms with van der Waals surface area (Å²) >= 11 is 0. The minimum absolute atomic E-state index is 0.0498. The molecule has 0 unspecified atom stereocenters. The Morgan fingerprint density at radius 1 is 1.22 bits per heavy atom. The lowest BCUT2D eigenvalue weighted by Crippen LogP contribution is -2.12. The Labute approximate surface area is 107 Å². The molecule has 0 saturated heterocycles. The molecule has 0 radical (unpaired) electrons. The molecule has 0 bridgehead atoms. The van der Waals surface area contributed by atoms with Crippen molar-refractivity contribution in [2.75, 3.05) is 7.05 Å². The van der Waals surface area contributed by atoms with Gasteiger partial charge in [-0.25, -0.2) is 0 Å². The average Bonchev–Trinajstić information content (AvgIpc) is 2.77. The van der Waals surface area contributed by atoms with Crippen molar-refractivity contribution in [3.63, 3.8) is 0 Å². The lowest BCUT2D eigenvalue weighted by atomic mass is 9.84. The summed E-state index contributed by atoms with van der Waals surface area (Å²) in [5.74, 6) is 1.27. The fraction of sp³-hybridized carbons (Fsp3) is 0.429. The Morgan fingerprint density at radius 2 is 1.94 bits per heavy atom. The van der Waals surface area contributed by atoms with Crippen molar-refractivity contribution in [1.82, 2.24) is 15.5 Å². The molecular weight excluding hydrogens is 226 g/mol. The maximum Gasteiger partial charge on any atom is 0.258 e. The van der Waals surface area contributed by atoms with Gasteiger partial charge in [0.2, 0.25) is 0 Å². The van der Waals surface area contributed by atoms with Gasteiger partial charge in [-0.1, -0.05) is 44.1 Å². The highest BCUT2D eigenvalue weighted by Crippen LogP contribution is 2.31. The van der Waals surface area contributed by atoms with Gasteiger partial charge in [-0.3, -0.25) is 0 Å². The fourth-order valence-corrected chi connectivity index (χ4v) is 1.92. The molecule has 96 valence electrons. The largest absolute Gasteiger partial charge is 0.334 e. The van der Waals surface area contributed by atoms with Gasteiger partial charge in [-0.15, -0.1) is 0 Å². The summed E-state index contributed by atoms with van der Waals surface area (Å²) in [6.07, 6.45) is 0. The summed E-state index contributed by atoms with van der Waals surface area (Å²) in [5.41, 5.74) is 2.28. The van der Waals surface area contributed by atoms with Crippen LogP contribution in [0.15, 0.2) is 28.8 Å². The average molecular weight is 245 g/mol. The zero-order chi connectivity index (χ0) is 13.2. The second-order valence-electron chi connectivity index (χ2n) is 5.34.